The fourth-order valence-corrected chi connectivity index (χ4v) is 3.67. The van der Waals surface area contributed by atoms with Crippen molar-refractivity contribution in [3.8, 4) is 5.75 Å². The van der Waals surface area contributed by atoms with E-state index in [0.29, 0.717) is 18.9 Å². The van der Waals surface area contributed by atoms with Crippen molar-refractivity contribution >= 4 is 5.97 Å². The molecule has 1 N–H and O–H groups in total. The average molecular weight is 344 g/mol. The molecule has 25 heavy (non-hydrogen) atoms. The Hall–Kier alpha value is -2.45. The van der Waals surface area contributed by atoms with E-state index in [1.807, 2.05) is 10.7 Å². The quantitative estimate of drug-likeness (QED) is 0.895. The number of nitrogens with zero attached hydrogens (tertiary/aromatic N) is 4. The number of benzene rings is 1. The normalized spacial score (nSPS) is 22.9. The van der Waals surface area contributed by atoms with E-state index in [2.05, 4.69) is 15.2 Å². The van der Waals surface area contributed by atoms with Crippen molar-refractivity contribution in [1.82, 2.24) is 19.9 Å². The molecule has 0 unspecified atom stereocenters. The third kappa shape index (κ3) is 2.98. The third-order valence-corrected chi connectivity index (χ3v) is 4.92. The van der Waals surface area contributed by atoms with E-state index in [4.69, 9.17) is 9.47 Å². The molecule has 2 atom stereocenters. The molecule has 2 aliphatic heterocycles. The van der Waals surface area contributed by atoms with E-state index < -0.39 is 5.97 Å². The van der Waals surface area contributed by atoms with Crippen molar-refractivity contribution in [2.45, 2.75) is 31.7 Å². The number of carboxylic acids is 1. The van der Waals surface area contributed by atoms with Crippen LogP contribution in [-0.2, 0) is 17.9 Å². The highest BCUT2D eigenvalue weighted by Gasteiger charge is 2.36. The minimum Gasteiger partial charge on any atom is -0.496 e. The molecule has 0 amide bonds. The first kappa shape index (κ1) is 16.0. The standard InChI is InChI=1S/C17H20N4O4/c1-24-15-3-2-11(6-13(15)17(22)23)8-20-5-4-14-16(9-20)25-10-12-7-18-19-21(12)14/h2-3,6-7,14,16H,4-5,8-10H2,1H3,(H,22,23)/t14-,16-/m1/s1. The zero-order chi connectivity index (χ0) is 17.4. The predicted molar refractivity (Wildman–Crippen MR) is 87.5 cm³/mol. The van der Waals surface area contributed by atoms with Gasteiger partial charge in [0, 0.05) is 19.6 Å². The summed E-state index contributed by atoms with van der Waals surface area (Å²) in [4.78, 5) is 13.7. The smallest absolute Gasteiger partial charge is 0.339 e. The van der Waals surface area contributed by atoms with Gasteiger partial charge in [-0.25, -0.2) is 9.48 Å². The number of aromatic carboxylic acids is 1. The number of ether oxygens (including phenoxy) is 2. The number of carbonyl (C=O) groups is 1. The second-order valence-electron chi connectivity index (χ2n) is 6.45. The van der Waals surface area contributed by atoms with Gasteiger partial charge in [0.1, 0.15) is 11.3 Å². The molecule has 0 spiro atoms. The van der Waals surface area contributed by atoms with Crippen molar-refractivity contribution in [2.75, 3.05) is 20.2 Å². The van der Waals surface area contributed by atoms with Crippen molar-refractivity contribution < 1.29 is 19.4 Å². The van der Waals surface area contributed by atoms with Gasteiger partial charge in [-0.15, -0.1) is 5.10 Å². The van der Waals surface area contributed by atoms with Crippen LogP contribution < -0.4 is 4.74 Å². The summed E-state index contributed by atoms with van der Waals surface area (Å²) in [7, 11) is 1.48. The van der Waals surface area contributed by atoms with Gasteiger partial charge in [0.05, 0.1) is 37.8 Å². The molecule has 8 nitrogen and oxygen atoms in total. The largest absolute Gasteiger partial charge is 0.496 e. The number of hydrogen-bond acceptors (Lipinski definition) is 6. The summed E-state index contributed by atoms with van der Waals surface area (Å²) in [6, 6.07) is 5.54. The summed E-state index contributed by atoms with van der Waals surface area (Å²) in [6.45, 7) is 2.91. The molecule has 132 valence electrons. The van der Waals surface area contributed by atoms with Gasteiger partial charge in [0.25, 0.3) is 0 Å². The van der Waals surface area contributed by atoms with Crippen LogP contribution >= 0.6 is 0 Å². The Kier molecular flexibility index (Phi) is 4.14. The van der Waals surface area contributed by atoms with Crippen molar-refractivity contribution in [3.63, 3.8) is 0 Å². The van der Waals surface area contributed by atoms with Crippen LogP contribution in [0.15, 0.2) is 24.4 Å². The highest BCUT2D eigenvalue weighted by Crippen LogP contribution is 2.31. The number of piperidine rings is 1. The maximum absolute atomic E-state index is 11.4. The van der Waals surface area contributed by atoms with Gasteiger partial charge in [-0.05, 0) is 24.1 Å². The van der Waals surface area contributed by atoms with E-state index in [0.717, 1.165) is 30.8 Å². The molecule has 2 aliphatic rings. The Balaban J connectivity index is 1.47. The first-order valence-electron chi connectivity index (χ1n) is 8.29. The Morgan fingerprint density at radius 3 is 3.16 bits per heavy atom. The Morgan fingerprint density at radius 1 is 1.48 bits per heavy atom. The summed E-state index contributed by atoms with van der Waals surface area (Å²) < 4.78 is 13.1. The average Bonchev–Trinajstić information content (AvgIpc) is 3.10. The molecule has 1 saturated heterocycles. The highest BCUT2D eigenvalue weighted by molar-refractivity contribution is 5.91. The number of fused-ring (bicyclic) bond motifs is 3. The number of carboxylic acid groups (broad SMARTS) is 1. The van der Waals surface area contributed by atoms with E-state index in [1.54, 1.807) is 18.3 Å². The van der Waals surface area contributed by atoms with Crippen LogP contribution in [0.4, 0.5) is 0 Å². The molecule has 0 radical (unpaired) electrons. The van der Waals surface area contributed by atoms with Crippen molar-refractivity contribution in [2.24, 2.45) is 0 Å². The Morgan fingerprint density at radius 2 is 2.36 bits per heavy atom. The Labute approximate surface area is 144 Å². The first-order chi connectivity index (χ1) is 12.2. The number of likely N-dealkylation sites (tertiary alicyclic amines) is 1. The zero-order valence-corrected chi connectivity index (χ0v) is 14.0. The molecule has 1 fully saturated rings. The van der Waals surface area contributed by atoms with Crippen LogP contribution in [0, 0.1) is 0 Å². The summed E-state index contributed by atoms with van der Waals surface area (Å²) >= 11 is 0. The van der Waals surface area contributed by atoms with E-state index in [-0.39, 0.29) is 17.7 Å². The van der Waals surface area contributed by atoms with E-state index >= 15 is 0 Å². The summed E-state index contributed by atoms with van der Waals surface area (Å²) in [5, 5.41) is 17.5. The van der Waals surface area contributed by atoms with Crippen LogP contribution in [0.5, 0.6) is 5.75 Å². The zero-order valence-electron chi connectivity index (χ0n) is 14.0. The van der Waals surface area contributed by atoms with Crippen LogP contribution in [0.2, 0.25) is 0 Å². The van der Waals surface area contributed by atoms with Crippen molar-refractivity contribution in [3.05, 3.63) is 41.2 Å². The predicted octanol–water partition coefficient (Wildman–Crippen LogP) is 1.33. The van der Waals surface area contributed by atoms with Gasteiger partial charge in [-0.2, -0.15) is 0 Å². The molecule has 4 rings (SSSR count). The number of rotatable bonds is 4. The van der Waals surface area contributed by atoms with Gasteiger partial charge in [-0.3, -0.25) is 4.90 Å². The van der Waals surface area contributed by atoms with Crippen LogP contribution in [0.3, 0.4) is 0 Å². The monoisotopic (exact) mass is 344 g/mol. The van der Waals surface area contributed by atoms with Crippen molar-refractivity contribution in [1.29, 1.82) is 0 Å². The van der Waals surface area contributed by atoms with Crippen LogP contribution in [-0.4, -0.2) is 57.3 Å². The van der Waals surface area contributed by atoms with E-state index in [1.165, 1.54) is 7.11 Å². The highest BCUT2D eigenvalue weighted by atomic mass is 16.5. The summed E-state index contributed by atoms with van der Waals surface area (Å²) in [6.07, 6.45) is 2.77. The third-order valence-electron chi connectivity index (χ3n) is 4.92. The number of methoxy groups -OCH3 is 1. The minimum atomic E-state index is -0.980. The lowest BCUT2D eigenvalue weighted by molar-refractivity contribution is -0.0704. The lowest BCUT2D eigenvalue weighted by Crippen LogP contribution is -2.48. The summed E-state index contributed by atoms with van der Waals surface area (Å²) in [5.41, 5.74) is 2.17. The van der Waals surface area contributed by atoms with Gasteiger partial charge in [-0.1, -0.05) is 11.3 Å². The lowest BCUT2D eigenvalue weighted by Gasteiger charge is -2.41. The maximum atomic E-state index is 11.4. The molecule has 8 heteroatoms. The fourth-order valence-electron chi connectivity index (χ4n) is 3.67. The van der Waals surface area contributed by atoms with Crippen LogP contribution in [0.25, 0.3) is 0 Å². The second-order valence-corrected chi connectivity index (χ2v) is 6.45. The molecule has 1 aromatic heterocycles. The van der Waals surface area contributed by atoms with Gasteiger partial charge < -0.3 is 14.6 Å². The van der Waals surface area contributed by atoms with Gasteiger partial charge in [0.2, 0.25) is 0 Å². The molecule has 3 heterocycles. The fraction of sp³-hybridized carbons (Fsp3) is 0.471. The molecule has 0 aliphatic carbocycles. The topological polar surface area (TPSA) is 89.7 Å². The second kappa shape index (κ2) is 6.45. The maximum Gasteiger partial charge on any atom is 0.339 e. The molecular formula is C17H20N4O4. The summed E-state index contributed by atoms with van der Waals surface area (Å²) in [5.74, 6) is -0.601. The van der Waals surface area contributed by atoms with Gasteiger partial charge in [0.15, 0.2) is 0 Å². The molecule has 1 aromatic carbocycles. The number of hydrogen-bond donors (Lipinski definition) is 1. The SMILES string of the molecule is COc1ccc(CN2CC[C@@H]3[C@@H](C2)OCc2cnnn23)cc1C(=O)O. The van der Waals surface area contributed by atoms with Crippen LogP contribution in [0.1, 0.15) is 34.1 Å². The molecular weight excluding hydrogens is 324 g/mol. The first-order valence-corrected chi connectivity index (χ1v) is 8.29. The van der Waals surface area contributed by atoms with E-state index in [9.17, 15) is 9.90 Å². The molecule has 2 aromatic rings. The number of aromatic nitrogens is 3. The molecule has 0 bridgehead atoms. The minimum absolute atomic E-state index is 0.0835. The Bertz CT molecular complexity index is 791. The molecule has 0 saturated carbocycles. The lowest BCUT2D eigenvalue weighted by atomic mass is 9.99. The van der Waals surface area contributed by atoms with Gasteiger partial charge >= 0.3 is 5.97 Å².